The van der Waals surface area contributed by atoms with E-state index in [9.17, 15) is 13.2 Å². The van der Waals surface area contributed by atoms with Gasteiger partial charge in [0, 0.05) is 6.07 Å². The molecule has 17 heavy (non-hydrogen) atoms. The zero-order chi connectivity index (χ0) is 12.3. The molecule has 1 aliphatic carbocycles. The third-order valence-electron chi connectivity index (χ3n) is 3.09. The highest BCUT2D eigenvalue weighted by atomic mass is 19.2. The SMILES string of the molecule is Fc1[c]c(OCC2CCCCC2)cc(F)c1F. The molecule has 0 amide bonds. The van der Waals surface area contributed by atoms with Crippen molar-refractivity contribution < 1.29 is 17.9 Å². The summed E-state index contributed by atoms with van der Waals surface area (Å²) in [6.45, 7) is 0.418. The van der Waals surface area contributed by atoms with Crippen LogP contribution in [0.5, 0.6) is 5.75 Å². The van der Waals surface area contributed by atoms with Gasteiger partial charge in [0.1, 0.15) is 5.75 Å². The zero-order valence-corrected chi connectivity index (χ0v) is 9.44. The molecule has 1 radical (unpaired) electrons. The number of benzene rings is 1. The van der Waals surface area contributed by atoms with Crippen LogP contribution in [-0.4, -0.2) is 6.61 Å². The van der Waals surface area contributed by atoms with Crippen LogP contribution in [0.1, 0.15) is 32.1 Å². The fraction of sp³-hybridized carbons (Fsp3) is 0.538. The summed E-state index contributed by atoms with van der Waals surface area (Å²) >= 11 is 0. The Hall–Kier alpha value is -1.19. The third kappa shape index (κ3) is 3.14. The van der Waals surface area contributed by atoms with Crippen LogP contribution < -0.4 is 4.74 Å². The van der Waals surface area contributed by atoms with Crippen LogP contribution in [-0.2, 0) is 0 Å². The van der Waals surface area contributed by atoms with E-state index in [4.69, 9.17) is 4.74 Å². The Bertz CT molecular complexity index is 363. The summed E-state index contributed by atoms with van der Waals surface area (Å²) in [5.74, 6) is -3.71. The number of rotatable bonds is 3. The molecule has 4 heteroatoms. The maximum absolute atomic E-state index is 12.9. The van der Waals surface area contributed by atoms with Gasteiger partial charge < -0.3 is 4.74 Å². The summed E-state index contributed by atoms with van der Waals surface area (Å²) in [5.41, 5.74) is 0. The smallest absolute Gasteiger partial charge is 0.195 e. The van der Waals surface area contributed by atoms with Gasteiger partial charge in [-0.3, -0.25) is 0 Å². The summed E-state index contributed by atoms with van der Waals surface area (Å²) in [6, 6.07) is 2.89. The van der Waals surface area contributed by atoms with E-state index in [0.29, 0.717) is 12.5 Å². The lowest BCUT2D eigenvalue weighted by atomic mass is 9.90. The van der Waals surface area contributed by atoms with Crippen molar-refractivity contribution in [1.29, 1.82) is 0 Å². The van der Waals surface area contributed by atoms with E-state index in [1.165, 1.54) is 19.3 Å². The van der Waals surface area contributed by atoms with Crippen LogP contribution in [0.25, 0.3) is 0 Å². The average Bonchev–Trinajstić information content (AvgIpc) is 2.34. The Labute approximate surface area is 98.6 Å². The number of ether oxygens (including phenoxy) is 1. The van der Waals surface area contributed by atoms with Crippen molar-refractivity contribution >= 4 is 0 Å². The van der Waals surface area contributed by atoms with E-state index in [-0.39, 0.29) is 5.75 Å². The van der Waals surface area contributed by atoms with Gasteiger partial charge in [-0.1, -0.05) is 19.3 Å². The molecular weight excluding hydrogens is 229 g/mol. The van der Waals surface area contributed by atoms with Gasteiger partial charge in [-0.05, 0) is 18.8 Å². The minimum absolute atomic E-state index is 0.0630. The first-order valence-electron chi connectivity index (χ1n) is 5.86. The highest BCUT2D eigenvalue weighted by Crippen LogP contribution is 2.25. The van der Waals surface area contributed by atoms with Gasteiger partial charge in [-0.15, -0.1) is 0 Å². The van der Waals surface area contributed by atoms with E-state index in [1.807, 2.05) is 0 Å². The standard InChI is InChI=1S/C13H14F3O/c14-11-6-10(7-12(15)13(11)16)17-8-9-4-2-1-3-5-9/h6,9H,1-5,8H2. The molecule has 0 saturated heterocycles. The number of hydrogen-bond donors (Lipinski definition) is 0. The van der Waals surface area contributed by atoms with Crippen molar-refractivity contribution in [2.24, 2.45) is 5.92 Å². The van der Waals surface area contributed by atoms with E-state index in [2.05, 4.69) is 6.07 Å². The molecular formula is C13H14F3O. The second-order valence-corrected chi connectivity index (χ2v) is 4.42. The van der Waals surface area contributed by atoms with Gasteiger partial charge in [0.2, 0.25) is 0 Å². The van der Waals surface area contributed by atoms with Gasteiger partial charge in [0.05, 0.1) is 12.7 Å². The van der Waals surface area contributed by atoms with Crippen molar-refractivity contribution in [2.45, 2.75) is 32.1 Å². The third-order valence-corrected chi connectivity index (χ3v) is 3.09. The summed E-state index contributed by atoms with van der Waals surface area (Å²) in [7, 11) is 0. The van der Waals surface area contributed by atoms with Crippen LogP contribution >= 0.6 is 0 Å². The Morgan fingerprint density at radius 2 is 1.88 bits per heavy atom. The Morgan fingerprint density at radius 3 is 2.53 bits per heavy atom. The molecule has 0 unspecified atom stereocenters. The predicted octanol–water partition coefficient (Wildman–Crippen LogP) is 3.86. The molecule has 1 aliphatic rings. The fourth-order valence-electron chi connectivity index (χ4n) is 2.12. The van der Waals surface area contributed by atoms with Crippen molar-refractivity contribution in [3.8, 4) is 5.75 Å². The van der Waals surface area contributed by atoms with Gasteiger partial charge in [0.25, 0.3) is 0 Å². The van der Waals surface area contributed by atoms with E-state index < -0.39 is 17.5 Å². The second-order valence-electron chi connectivity index (χ2n) is 4.42. The molecule has 1 aromatic rings. The summed E-state index contributed by atoms with van der Waals surface area (Å²) < 4.78 is 43.7. The number of hydrogen-bond acceptors (Lipinski definition) is 1. The first kappa shape index (κ1) is 12.3. The largest absolute Gasteiger partial charge is 0.492 e. The van der Waals surface area contributed by atoms with Crippen molar-refractivity contribution in [3.05, 3.63) is 29.6 Å². The van der Waals surface area contributed by atoms with Crippen LogP contribution in [0.2, 0.25) is 0 Å². The molecule has 0 heterocycles. The first-order valence-corrected chi connectivity index (χ1v) is 5.86. The zero-order valence-electron chi connectivity index (χ0n) is 9.44. The molecule has 0 aliphatic heterocycles. The Kier molecular flexibility index (Phi) is 3.92. The Balaban J connectivity index is 1.94. The monoisotopic (exact) mass is 243 g/mol. The normalized spacial score (nSPS) is 17.1. The van der Waals surface area contributed by atoms with Gasteiger partial charge in [0.15, 0.2) is 17.5 Å². The molecule has 0 N–H and O–H groups in total. The van der Waals surface area contributed by atoms with Gasteiger partial charge in [-0.2, -0.15) is 0 Å². The maximum Gasteiger partial charge on any atom is 0.195 e. The van der Waals surface area contributed by atoms with E-state index in [1.54, 1.807) is 0 Å². The van der Waals surface area contributed by atoms with Crippen LogP contribution in [0.15, 0.2) is 6.07 Å². The average molecular weight is 243 g/mol. The minimum Gasteiger partial charge on any atom is -0.492 e. The Morgan fingerprint density at radius 1 is 1.18 bits per heavy atom. The first-order chi connectivity index (χ1) is 8.16. The predicted molar refractivity (Wildman–Crippen MR) is 57.2 cm³/mol. The molecule has 93 valence electrons. The summed E-state index contributed by atoms with van der Waals surface area (Å²) in [5, 5.41) is 0. The van der Waals surface area contributed by atoms with Crippen LogP contribution in [0.4, 0.5) is 13.2 Å². The molecule has 1 fully saturated rings. The maximum atomic E-state index is 12.9. The molecule has 1 aromatic carbocycles. The summed E-state index contributed by atoms with van der Waals surface area (Å²) in [4.78, 5) is 0. The van der Waals surface area contributed by atoms with Gasteiger partial charge >= 0.3 is 0 Å². The molecule has 0 bridgehead atoms. The molecule has 0 atom stereocenters. The lowest BCUT2D eigenvalue weighted by Gasteiger charge is -2.21. The van der Waals surface area contributed by atoms with Crippen molar-refractivity contribution in [1.82, 2.24) is 0 Å². The lowest BCUT2D eigenvalue weighted by molar-refractivity contribution is 0.206. The quantitative estimate of drug-likeness (QED) is 0.732. The van der Waals surface area contributed by atoms with Crippen molar-refractivity contribution in [3.63, 3.8) is 0 Å². The molecule has 1 saturated carbocycles. The van der Waals surface area contributed by atoms with Crippen molar-refractivity contribution in [2.75, 3.05) is 6.61 Å². The highest BCUT2D eigenvalue weighted by molar-refractivity contribution is 5.23. The van der Waals surface area contributed by atoms with Crippen LogP contribution in [0, 0.1) is 29.4 Å². The molecule has 0 spiro atoms. The van der Waals surface area contributed by atoms with E-state index in [0.717, 1.165) is 18.9 Å². The van der Waals surface area contributed by atoms with Crippen LogP contribution in [0.3, 0.4) is 0 Å². The topological polar surface area (TPSA) is 9.23 Å². The second kappa shape index (κ2) is 5.43. The number of halogens is 3. The lowest BCUT2D eigenvalue weighted by Crippen LogP contribution is -2.15. The summed E-state index contributed by atoms with van der Waals surface area (Å²) in [6.07, 6.45) is 5.73. The molecule has 1 nitrogen and oxygen atoms in total. The minimum atomic E-state index is -1.50. The van der Waals surface area contributed by atoms with E-state index >= 15 is 0 Å². The highest BCUT2D eigenvalue weighted by Gasteiger charge is 2.16. The van der Waals surface area contributed by atoms with Gasteiger partial charge in [-0.25, -0.2) is 13.2 Å². The fourth-order valence-corrected chi connectivity index (χ4v) is 2.12. The molecule has 0 aromatic heterocycles. The molecule has 2 rings (SSSR count).